The van der Waals surface area contributed by atoms with Gasteiger partial charge in [0.1, 0.15) is 11.9 Å². The molecule has 2 heteroatoms. The van der Waals surface area contributed by atoms with Crippen molar-refractivity contribution in [3.05, 3.63) is 29.8 Å². The minimum absolute atomic E-state index is 0.283. The van der Waals surface area contributed by atoms with Crippen molar-refractivity contribution in [2.24, 2.45) is 5.92 Å². The number of aliphatic hydroxyl groups excluding tert-OH is 1. The maximum absolute atomic E-state index is 10.1. The smallest absolute Gasteiger partial charge is 0.119 e. The molecule has 2 atom stereocenters. The highest BCUT2D eigenvalue weighted by atomic mass is 16.5. The van der Waals surface area contributed by atoms with Crippen molar-refractivity contribution in [2.45, 2.75) is 52.6 Å². The molecular formula is C18H26O2. The Morgan fingerprint density at radius 3 is 2.40 bits per heavy atom. The lowest BCUT2D eigenvalue weighted by molar-refractivity contribution is 0.150. The van der Waals surface area contributed by atoms with E-state index in [0.29, 0.717) is 6.61 Å². The lowest BCUT2D eigenvalue weighted by atomic mass is 9.93. The van der Waals surface area contributed by atoms with Gasteiger partial charge in [-0.05, 0) is 49.9 Å². The first-order valence-corrected chi connectivity index (χ1v) is 7.63. The Kier molecular flexibility index (Phi) is 7.84. The van der Waals surface area contributed by atoms with Crippen LogP contribution < -0.4 is 4.74 Å². The van der Waals surface area contributed by atoms with Crippen LogP contribution in [-0.2, 0) is 0 Å². The molecule has 0 radical (unpaired) electrons. The summed E-state index contributed by atoms with van der Waals surface area (Å²) in [5, 5.41) is 10.1. The first-order chi connectivity index (χ1) is 9.71. The van der Waals surface area contributed by atoms with E-state index >= 15 is 0 Å². The van der Waals surface area contributed by atoms with Gasteiger partial charge in [-0.1, -0.05) is 38.5 Å². The average Bonchev–Trinajstić information content (AvgIpc) is 2.47. The highest BCUT2D eigenvalue weighted by Crippen LogP contribution is 2.17. The Morgan fingerprint density at radius 2 is 1.85 bits per heavy atom. The number of hydrogen-bond donors (Lipinski definition) is 1. The second-order valence-electron chi connectivity index (χ2n) is 4.98. The van der Waals surface area contributed by atoms with E-state index in [0.717, 1.165) is 37.0 Å². The van der Waals surface area contributed by atoms with Gasteiger partial charge in [-0.25, -0.2) is 0 Å². The fourth-order valence-corrected chi connectivity index (χ4v) is 2.13. The lowest BCUT2D eigenvalue weighted by Gasteiger charge is -2.16. The minimum atomic E-state index is -0.530. The van der Waals surface area contributed by atoms with Crippen LogP contribution in [0.2, 0.25) is 0 Å². The summed E-state index contributed by atoms with van der Waals surface area (Å²) in [4.78, 5) is 0. The summed E-state index contributed by atoms with van der Waals surface area (Å²) in [7, 11) is 0. The molecule has 0 fully saturated rings. The Morgan fingerprint density at radius 1 is 1.15 bits per heavy atom. The topological polar surface area (TPSA) is 29.5 Å². The second-order valence-corrected chi connectivity index (χ2v) is 4.98. The van der Waals surface area contributed by atoms with Crippen LogP contribution in [0.15, 0.2) is 24.3 Å². The zero-order valence-electron chi connectivity index (χ0n) is 12.9. The van der Waals surface area contributed by atoms with Crippen LogP contribution in [0.5, 0.6) is 5.75 Å². The number of hydrogen-bond acceptors (Lipinski definition) is 2. The fourth-order valence-electron chi connectivity index (χ4n) is 2.13. The van der Waals surface area contributed by atoms with E-state index in [1.165, 1.54) is 0 Å². The van der Waals surface area contributed by atoms with Crippen molar-refractivity contribution in [1.82, 2.24) is 0 Å². The van der Waals surface area contributed by atoms with Crippen LogP contribution in [0.3, 0.4) is 0 Å². The van der Waals surface area contributed by atoms with Crippen molar-refractivity contribution in [2.75, 3.05) is 6.61 Å². The molecule has 1 N–H and O–H groups in total. The van der Waals surface area contributed by atoms with Gasteiger partial charge >= 0.3 is 0 Å². The van der Waals surface area contributed by atoms with E-state index in [1.807, 2.05) is 31.2 Å². The summed E-state index contributed by atoms with van der Waals surface area (Å²) in [6.07, 6.45) is 3.80. The third kappa shape index (κ3) is 5.67. The van der Waals surface area contributed by atoms with Crippen LogP contribution in [0.4, 0.5) is 0 Å². The summed E-state index contributed by atoms with van der Waals surface area (Å²) in [5.74, 6) is 7.16. The van der Waals surface area contributed by atoms with Gasteiger partial charge in [-0.2, -0.15) is 0 Å². The van der Waals surface area contributed by atoms with E-state index in [4.69, 9.17) is 4.74 Å². The molecule has 0 bridgehead atoms. The molecule has 0 aliphatic heterocycles. The number of rotatable bonds is 7. The minimum Gasteiger partial charge on any atom is -0.494 e. The van der Waals surface area contributed by atoms with Crippen LogP contribution in [-0.4, -0.2) is 17.8 Å². The second kappa shape index (κ2) is 9.44. The van der Waals surface area contributed by atoms with Crippen molar-refractivity contribution in [3.8, 4) is 17.6 Å². The summed E-state index contributed by atoms with van der Waals surface area (Å²) in [6.45, 7) is 6.91. The molecule has 0 spiro atoms. The zero-order valence-corrected chi connectivity index (χ0v) is 12.9. The standard InChI is InChI=1S/C18H26O2/c1-4-7-8-16(5-2)18(19)14-11-15-9-12-17(13-10-15)20-6-3/h9-10,12-13,16,18-19H,4-8H2,1-3H3. The highest BCUT2D eigenvalue weighted by molar-refractivity contribution is 5.38. The molecule has 0 heterocycles. The molecule has 0 saturated carbocycles. The summed E-state index contributed by atoms with van der Waals surface area (Å²) < 4.78 is 5.39. The molecule has 2 unspecified atom stereocenters. The molecule has 20 heavy (non-hydrogen) atoms. The van der Waals surface area contributed by atoms with Gasteiger partial charge in [0.15, 0.2) is 0 Å². The van der Waals surface area contributed by atoms with E-state index in [2.05, 4.69) is 25.7 Å². The van der Waals surface area contributed by atoms with Gasteiger partial charge < -0.3 is 9.84 Å². The molecule has 1 rings (SSSR count). The van der Waals surface area contributed by atoms with Crippen LogP contribution in [0.25, 0.3) is 0 Å². The fraction of sp³-hybridized carbons (Fsp3) is 0.556. The number of aliphatic hydroxyl groups is 1. The molecule has 1 aromatic carbocycles. The third-order valence-electron chi connectivity index (χ3n) is 3.43. The predicted molar refractivity (Wildman–Crippen MR) is 83.8 cm³/mol. The van der Waals surface area contributed by atoms with Gasteiger partial charge in [0, 0.05) is 5.56 Å². The molecule has 0 aromatic heterocycles. The van der Waals surface area contributed by atoms with Crippen LogP contribution in [0, 0.1) is 17.8 Å². The maximum atomic E-state index is 10.1. The summed E-state index contributed by atoms with van der Waals surface area (Å²) in [6, 6.07) is 7.68. The Bertz CT molecular complexity index is 425. The van der Waals surface area contributed by atoms with Gasteiger partial charge in [0.2, 0.25) is 0 Å². The van der Waals surface area contributed by atoms with E-state index in [1.54, 1.807) is 0 Å². The molecule has 0 aliphatic carbocycles. The Hall–Kier alpha value is -1.46. The van der Waals surface area contributed by atoms with Gasteiger partial charge in [0.25, 0.3) is 0 Å². The van der Waals surface area contributed by atoms with Crippen molar-refractivity contribution in [1.29, 1.82) is 0 Å². The number of ether oxygens (including phenoxy) is 1. The molecule has 0 amide bonds. The van der Waals surface area contributed by atoms with Crippen LogP contribution in [0.1, 0.15) is 52.0 Å². The quantitative estimate of drug-likeness (QED) is 0.761. The molecule has 110 valence electrons. The van der Waals surface area contributed by atoms with Crippen molar-refractivity contribution < 1.29 is 9.84 Å². The summed E-state index contributed by atoms with van der Waals surface area (Å²) >= 11 is 0. The first kappa shape index (κ1) is 16.6. The van der Waals surface area contributed by atoms with Gasteiger partial charge in [0.05, 0.1) is 6.61 Å². The normalized spacial score (nSPS) is 13.2. The largest absolute Gasteiger partial charge is 0.494 e. The maximum Gasteiger partial charge on any atom is 0.119 e. The monoisotopic (exact) mass is 274 g/mol. The first-order valence-electron chi connectivity index (χ1n) is 7.63. The molecule has 0 saturated heterocycles. The Labute approximate surface area is 123 Å². The number of benzene rings is 1. The highest BCUT2D eigenvalue weighted by Gasteiger charge is 2.14. The zero-order chi connectivity index (χ0) is 14.8. The van der Waals surface area contributed by atoms with Gasteiger partial charge in [-0.3, -0.25) is 0 Å². The van der Waals surface area contributed by atoms with Crippen molar-refractivity contribution >= 4 is 0 Å². The SMILES string of the molecule is CCCCC(CC)C(O)C#Cc1ccc(OCC)cc1. The average molecular weight is 274 g/mol. The van der Waals surface area contributed by atoms with E-state index in [-0.39, 0.29) is 5.92 Å². The van der Waals surface area contributed by atoms with Gasteiger partial charge in [-0.15, -0.1) is 0 Å². The number of unbranched alkanes of at least 4 members (excludes halogenated alkanes) is 1. The summed E-state index contributed by atoms with van der Waals surface area (Å²) in [5.41, 5.74) is 0.915. The molecule has 2 nitrogen and oxygen atoms in total. The van der Waals surface area contributed by atoms with E-state index in [9.17, 15) is 5.11 Å². The van der Waals surface area contributed by atoms with Crippen molar-refractivity contribution in [3.63, 3.8) is 0 Å². The molecular weight excluding hydrogens is 248 g/mol. The van der Waals surface area contributed by atoms with Crippen LogP contribution >= 0.6 is 0 Å². The van der Waals surface area contributed by atoms with E-state index < -0.39 is 6.10 Å². The Balaban J connectivity index is 2.62. The predicted octanol–water partition coefficient (Wildman–Crippen LogP) is 4.01. The molecule has 1 aromatic rings. The third-order valence-corrected chi connectivity index (χ3v) is 3.43. The lowest BCUT2D eigenvalue weighted by Crippen LogP contribution is -2.17. The molecule has 0 aliphatic rings.